The Morgan fingerprint density at radius 3 is 2.35 bits per heavy atom. The Balaban J connectivity index is 0.00000256. The number of benzene rings is 1. The molecule has 0 aliphatic carbocycles. The summed E-state index contributed by atoms with van der Waals surface area (Å²) >= 11 is 3.22. The predicted octanol–water partition coefficient (Wildman–Crippen LogP) is 3.49. The van der Waals surface area contributed by atoms with Gasteiger partial charge >= 0.3 is 0 Å². The molecule has 1 aromatic rings. The zero-order valence-electron chi connectivity index (χ0n) is 9.99. The number of hydrogen-bond donors (Lipinski definition) is 2. The lowest BCUT2D eigenvalue weighted by Gasteiger charge is -2.28. The maximum atomic E-state index is 9.91. The topological polar surface area (TPSA) is 70.0 Å². The molecular weight excluding hydrogens is 304 g/mol. The Labute approximate surface area is 116 Å². The van der Waals surface area contributed by atoms with Gasteiger partial charge < -0.3 is 10.8 Å². The van der Waals surface area contributed by atoms with Crippen molar-refractivity contribution < 1.29 is 5.11 Å². The molecule has 0 saturated carbocycles. The molecule has 1 aromatic carbocycles. The molecule has 17 heavy (non-hydrogen) atoms. The Hall–Kier alpha value is -0.760. The van der Waals surface area contributed by atoms with E-state index in [0.29, 0.717) is 15.6 Å². The van der Waals surface area contributed by atoms with Crippen LogP contribution >= 0.6 is 28.3 Å². The second-order valence-corrected chi connectivity index (χ2v) is 5.71. The molecule has 94 valence electrons. The maximum Gasteiger partial charge on any atom is 0.134 e. The van der Waals surface area contributed by atoms with E-state index in [4.69, 9.17) is 11.0 Å². The third kappa shape index (κ3) is 3.60. The number of halogens is 2. The molecule has 3 N–H and O–H groups in total. The highest BCUT2D eigenvalue weighted by atomic mass is 79.9. The molecule has 0 aliphatic rings. The second kappa shape index (κ2) is 5.72. The van der Waals surface area contributed by atoms with E-state index in [1.54, 1.807) is 12.1 Å². The molecule has 0 radical (unpaired) electrons. The summed E-state index contributed by atoms with van der Waals surface area (Å²) in [7, 11) is 0. The van der Waals surface area contributed by atoms with Crippen molar-refractivity contribution in [1.82, 2.24) is 0 Å². The molecule has 0 unspecified atom stereocenters. The summed E-state index contributed by atoms with van der Waals surface area (Å²) in [5.41, 5.74) is 6.98. The summed E-state index contributed by atoms with van der Waals surface area (Å²) in [5, 5.41) is 18.8. The van der Waals surface area contributed by atoms with Gasteiger partial charge in [-0.05, 0) is 33.5 Å². The Morgan fingerprint density at radius 2 is 1.94 bits per heavy atom. The van der Waals surface area contributed by atoms with Gasteiger partial charge in [-0.25, -0.2) is 0 Å². The smallest absolute Gasteiger partial charge is 0.134 e. The van der Waals surface area contributed by atoms with Gasteiger partial charge in [-0.1, -0.05) is 20.8 Å². The first-order valence-electron chi connectivity index (χ1n) is 4.95. The van der Waals surface area contributed by atoms with Crippen molar-refractivity contribution in [2.45, 2.75) is 26.8 Å². The third-order valence-electron chi connectivity index (χ3n) is 2.49. The molecule has 0 aromatic heterocycles. The zero-order chi connectivity index (χ0) is 12.5. The van der Waals surface area contributed by atoms with Crippen molar-refractivity contribution in [3.63, 3.8) is 0 Å². The number of rotatable bonds is 1. The van der Waals surface area contributed by atoms with Gasteiger partial charge in [0.05, 0.1) is 16.1 Å². The van der Waals surface area contributed by atoms with E-state index in [0.717, 1.165) is 0 Å². The second-order valence-electron chi connectivity index (χ2n) is 4.85. The molecule has 0 amide bonds. The lowest BCUT2D eigenvalue weighted by Crippen LogP contribution is -2.26. The van der Waals surface area contributed by atoms with Gasteiger partial charge in [0.25, 0.3) is 0 Å². The van der Waals surface area contributed by atoms with Crippen molar-refractivity contribution in [2.24, 2.45) is 11.1 Å². The summed E-state index contributed by atoms with van der Waals surface area (Å²) in [5.74, 6) is 0.112. The minimum atomic E-state index is -0.322. The first-order chi connectivity index (χ1) is 7.27. The minimum absolute atomic E-state index is 0. The van der Waals surface area contributed by atoms with Crippen LogP contribution in [0.15, 0.2) is 16.6 Å². The van der Waals surface area contributed by atoms with Crippen LogP contribution in [0.25, 0.3) is 0 Å². The molecule has 0 spiro atoms. The molecule has 0 fully saturated rings. The number of phenols is 1. The van der Waals surface area contributed by atoms with E-state index in [2.05, 4.69) is 15.9 Å². The van der Waals surface area contributed by atoms with Crippen LogP contribution in [0.1, 0.15) is 37.9 Å². The summed E-state index contributed by atoms with van der Waals surface area (Å²) < 4.78 is 0.501. The highest BCUT2D eigenvalue weighted by Crippen LogP contribution is 2.39. The van der Waals surface area contributed by atoms with Crippen LogP contribution in [-0.2, 0) is 0 Å². The van der Waals surface area contributed by atoms with Gasteiger partial charge in [-0.2, -0.15) is 5.26 Å². The van der Waals surface area contributed by atoms with Crippen molar-refractivity contribution in [1.29, 1.82) is 5.26 Å². The van der Waals surface area contributed by atoms with Gasteiger partial charge in [0, 0.05) is 11.6 Å². The number of hydrogen-bond acceptors (Lipinski definition) is 3. The van der Waals surface area contributed by atoms with Crippen LogP contribution in [-0.4, -0.2) is 5.11 Å². The van der Waals surface area contributed by atoms with Gasteiger partial charge in [0.15, 0.2) is 0 Å². The molecule has 0 heterocycles. The van der Waals surface area contributed by atoms with E-state index in [9.17, 15) is 5.11 Å². The molecule has 0 aliphatic heterocycles. The number of nitrogens with two attached hydrogens (primary N) is 1. The zero-order valence-corrected chi connectivity index (χ0v) is 12.4. The SMILES string of the molecule is CC(C)(C)[C@H](N)c1cc(C#N)cc(Br)c1O.Cl. The summed E-state index contributed by atoms with van der Waals surface area (Å²) in [6.07, 6.45) is 0. The highest BCUT2D eigenvalue weighted by Gasteiger charge is 2.26. The molecule has 0 saturated heterocycles. The largest absolute Gasteiger partial charge is 0.506 e. The van der Waals surface area contributed by atoms with Gasteiger partial charge in [0.1, 0.15) is 5.75 Å². The lowest BCUT2D eigenvalue weighted by molar-refractivity contribution is 0.317. The third-order valence-corrected chi connectivity index (χ3v) is 3.09. The van der Waals surface area contributed by atoms with Crippen LogP contribution in [0.4, 0.5) is 0 Å². The minimum Gasteiger partial charge on any atom is -0.506 e. The first-order valence-corrected chi connectivity index (χ1v) is 5.74. The number of aromatic hydroxyl groups is 1. The Kier molecular flexibility index (Phi) is 5.47. The van der Waals surface area contributed by atoms with Crippen LogP contribution in [0, 0.1) is 16.7 Å². The summed E-state index contributed by atoms with van der Waals surface area (Å²) in [6.45, 7) is 5.97. The summed E-state index contributed by atoms with van der Waals surface area (Å²) in [4.78, 5) is 0. The number of nitriles is 1. The van der Waals surface area contributed by atoms with Crippen molar-refractivity contribution in [2.75, 3.05) is 0 Å². The Morgan fingerprint density at radius 1 is 1.41 bits per heavy atom. The average Bonchev–Trinajstić information content (AvgIpc) is 2.19. The number of phenolic OH excluding ortho intramolecular Hbond substituents is 1. The first kappa shape index (κ1) is 16.2. The standard InChI is InChI=1S/C12H15BrN2O.ClH/c1-12(2,3)11(15)8-4-7(6-14)5-9(13)10(8)16;/h4-5,11,16H,15H2,1-3H3;1H/t11-;/m1./s1. The van der Waals surface area contributed by atoms with Gasteiger partial charge in [-0.3, -0.25) is 0 Å². The molecule has 1 atom stereocenters. The van der Waals surface area contributed by atoms with Gasteiger partial charge in [0.2, 0.25) is 0 Å². The maximum absolute atomic E-state index is 9.91. The average molecular weight is 320 g/mol. The fourth-order valence-electron chi connectivity index (χ4n) is 1.39. The normalized spacial score (nSPS) is 12.5. The lowest BCUT2D eigenvalue weighted by atomic mass is 9.82. The highest BCUT2D eigenvalue weighted by molar-refractivity contribution is 9.10. The van der Waals surface area contributed by atoms with Crippen LogP contribution in [0.2, 0.25) is 0 Å². The van der Waals surface area contributed by atoms with Crippen molar-refractivity contribution >= 4 is 28.3 Å². The van der Waals surface area contributed by atoms with E-state index in [1.807, 2.05) is 26.8 Å². The van der Waals surface area contributed by atoms with Gasteiger partial charge in [-0.15, -0.1) is 12.4 Å². The molecular formula is C12H16BrClN2O. The van der Waals surface area contributed by atoms with Crippen LogP contribution in [0.5, 0.6) is 5.75 Å². The van der Waals surface area contributed by atoms with Crippen LogP contribution in [0.3, 0.4) is 0 Å². The van der Waals surface area contributed by atoms with E-state index < -0.39 is 0 Å². The molecule has 3 nitrogen and oxygen atoms in total. The van der Waals surface area contributed by atoms with E-state index in [1.165, 1.54) is 0 Å². The quantitative estimate of drug-likeness (QED) is 0.832. The van der Waals surface area contributed by atoms with E-state index >= 15 is 0 Å². The molecule has 5 heteroatoms. The molecule has 1 rings (SSSR count). The summed E-state index contributed by atoms with van der Waals surface area (Å²) in [6, 6.07) is 4.94. The van der Waals surface area contributed by atoms with E-state index in [-0.39, 0.29) is 29.6 Å². The monoisotopic (exact) mass is 318 g/mol. The Bertz CT molecular complexity index is 449. The number of nitrogens with zero attached hydrogens (tertiary/aromatic N) is 1. The fraction of sp³-hybridized carbons (Fsp3) is 0.417. The molecule has 0 bridgehead atoms. The van der Waals surface area contributed by atoms with Crippen molar-refractivity contribution in [3.05, 3.63) is 27.7 Å². The van der Waals surface area contributed by atoms with Crippen molar-refractivity contribution in [3.8, 4) is 11.8 Å². The van der Waals surface area contributed by atoms with Crippen LogP contribution < -0.4 is 5.73 Å². The predicted molar refractivity (Wildman–Crippen MR) is 74.2 cm³/mol. The fourth-order valence-corrected chi connectivity index (χ4v) is 1.86.